The highest BCUT2D eigenvalue weighted by atomic mass is 127. The van der Waals surface area contributed by atoms with E-state index in [1.165, 1.54) is 12.1 Å². The van der Waals surface area contributed by atoms with Crippen molar-refractivity contribution in [3.8, 4) is 0 Å². The van der Waals surface area contributed by atoms with Crippen LogP contribution in [-0.2, 0) is 14.8 Å². The molecule has 0 bridgehead atoms. The second-order valence-electron chi connectivity index (χ2n) is 4.98. The zero-order chi connectivity index (χ0) is 16.9. The molecule has 2 rings (SSSR count). The highest BCUT2D eigenvalue weighted by Gasteiger charge is 2.16. The molecule has 2 N–H and O–H groups in total. The van der Waals surface area contributed by atoms with Crippen molar-refractivity contribution < 1.29 is 13.2 Å². The van der Waals surface area contributed by atoms with E-state index in [4.69, 9.17) is 0 Å². The molecule has 0 spiro atoms. The lowest BCUT2D eigenvalue weighted by Gasteiger charge is -2.14. The van der Waals surface area contributed by atoms with Gasteiger partial charge in [-0.15, -0.1) is 0 Å². The van der Waals surface area contributed by atoms with Crippen LogP contribution in [0.15, 0.2) is 59.5 Å². The molecule has 1 atom stereocenters. The van der Waals surface area contributed by atoms with Crippen molar-refractivity contribution in [2.24, 2.45) is 0 Å². The summed E-state index contributed by atoms with van der Waals surface area (Å²) in [6, 6.07) is 15.7. The first-order valence-electron chi connectivity index (χ1n) is 6.98. The van der Waals surface area contributed by atoms with Crippen LogP contribution in [-0.4, -0.2) is 20.9 Å². The Morgan fingerprint density at radius 3 is 2.30 bits per heavy atom. The first kappa shape index (κ1) is 17.9. The van der Waals surface area contributed by atoms with Gasteiger partial charge in [-0.2, -0.15) is 0 Å². The van der Waals surface area contributed by atoms with Crippen LogP contribution in [0.25, 0.3) is 0 Å². The highest BCUT2D eigenvalue weighted by molar-refractivity contribution is 14.1. The monoisotopic (exact) mass is 444 g/mol. The van der Waals surface area contributed by atoms with Gasteiger partial charge in [0.15, 0.2) is 0 Å². The standard InChI is InChI=1S/C16H17IN2O3S/c1-12(13-5-3-2-4-6-13)19-16(20)11-18-23(21,22)15-9-7-14(17)8-10-15/h2-10,12,18H,11H2,1H3,(H,19,20)/t12-/m1/s1. The second-order valence-corrected chi connectivity index (χ2v) is 7.99. The Balaban J connectivity index is 1.92. The maximum absolute atomic E-state index is 12.1. The number of carbonyl (C=O) groups excluding carboxylic acids is 1. The molecule has 0 aliphatic rings. The summed E-state index contributed by atoms with van der Waals surface area (Å²) in [6.07, 6.45) is 0. The molecule has 0 fully saturated rings. The number of nitrogens with one attached hydrogen (secondary N) is 2. The van der Waals surface area contributed by atoms with Gasteiger partial charge in [-0.1, -0.05) is 30.3 Å². The highest BCUT2D eigenvalue weighted by Crippen LogP contribution is 2.12. The largest absolute Gasteiger partial charge is 0.348 e. The van der Waals surface area contributed by atoms with Gasteiger partial charge in [0.25, 0.3) is 0 Å². The summed E-state index contributed by atoms with van der Waals surface area (Å²) in [7, 11) is -3.69. The average Bonchev–Trinajstić information content (AvgIpc) is 2.54. The zero-order valence-electron chi connectivity index (χ0n) is 12.5. The number of hydrogen-bond donors (Lipinski definition) is 2. The van der Waals surface area contributed by atoms with Crippen molar-refractivity contribution in [1.82, 2.24) is 10.0 Å². The molecule has 7 heteroatoms. The molecule has 0 unspecified atom stereocenters. The number of halogens is 1. The first-order valence-corrected chi connectivity index (χ1v) is 9.54. The van der Waals surface area contributed by atoms with Gasteiger partial charge in [0, 0.05) is 3.57 Å². The van der Waals surface area contributed by atoms with Crippen molar-refractivity contribution in [3.63, 3.8) is 0 Å². The van der Waals surface area contributed by atoms with Crippen molar-refractivity contribution in [2.45, 2.75) is 17.9 Å². The van der Waals surface area contributed by atoms with Gasteiger partial charge < -0.3 is 5.32 Å². The van der Waals surface area contributed by atoms with Crippen LogP contribution < -0.4 is 10.0 Å². The SMILES string of the molecule is C[C@@H](NC(=O)CNS(=O)(=O)c1ccc(I)cc1)c1ccccc1. The first-order chi connectivity index (χ1) is 10.9. The number of sulfonamides is 1. The fourth-order valence-corrected chi connectivity index (χ4v) is 3.32. The van der Waals surface area contributed by atoms with Gasteiger partial charge in [0.2, 0.25) is 15.9 Å². The molecule has 23 heavy (non-hydrogen) atoms. The molecule has 0 heterocycles. The third-order valence-corrected chi connectivity index (χ3v) is 5.36. The summed E-state index contributed by atoms with van der Waals surface area (Å²) in [6.45, 7) is 1.55. The Bertz CT molecular complexity index is 762. The van der Waals surface area contributed by atoms with Crippen LogP contribution in [0, 0.1) is 3.57 Å². The third kappa shape index (κ3) is 5.29. The van der Waals surface area contributed by atoms with Crippen LogP contribution in [0.5, 0.6) is 0 Å². The molecule has 0 saturated carbocycles. The van der Waals surface area contributed by atoms with E-state index in [9.17, 15) is 13.2 Å². The van der Waals surface area contributed by atoms with E-state index < -0.39 is 10.0 Å². The molecule has 122 valence electrons. The van der Waals surface area contributed by atoms with E-state index in [2.05, 4.69) is 32.6 Å². The third-order valence-electron chi connectivity index (χ3n) is 3.22. The Labute approximate surface area is 149 Å². The Kier molecular flexibility index (Phi) is 6.14. The minimum absolute atomic E-state index is 0.141. The molecule has 1 amide bonds. The molecule has 0 aromatic heterocycles. The Morgan fingerprint density at radius 1 is 1.09 bits per heavy atom. The van der Waals surface area contributed by atoms with E-state index in [1.54, 1.807) is 12.1 Å². The number of hydrogen-bond acceptors (Lipinski definition) is 3. The summed E-state index contributed by atoms with van der Waals surface area (Å²) in [5.41, 5.74) is 0.960. The Hall–Kier alpha value is -1.45. The summed E-state index contributed by atoms with van der Waals surface area (Å²) in [4.78, 5) is 12.1. The molecule has 2 aromatic carbocycles. The average molecular weight is 444 g/mol. The summed E-state index contributed by atoms with van der Waals surface area (Å²) >= 11 is 2.10. The second kappa shape index (κ2) is 7.89. The maximum atomic E-state index is 12.1. The molecular formula is C16H17IN2O3S. The van der Waals surface area contributed by atoms with E-state index >= 15 is 0 Å². The van der Waals surface area contributed by atoms with Crippen molar-refractivity contribution in [1.29, 1.82) is 0 Å². The lowest BCUT2D eigenvalue weighted by atomic mass is 10.1. The number of benzene rings is 2. The summed E-state index contributed by atoms with van der Waals surface area (Å²) in [5, 5.41) is 2.76. The topological polar surface area (TPSA) is 75.3 Å². The lowest BCUT2D eigenvalue weighted by Crippen LogP contribution is -2.38. The summed E-state index contributed by atoms with van der Waals surface area (Å²) in [5.74, 6) is -0.379. The predicted octanol–water partition coefficient (Wildman–Crippen LogP) is 2.45. The lowest BCUT2D eigenvalue weighted by molar-refractivity contribution is -0.120. The molecule has 0 radical (unpaired) electrons. The maximum Gasteiger partial charge on any atom is 0.241 e. The number of amides is 1. The number of rotatable bonds is 6. The smallest absolute Gasteiger partial charge is 0.241 e. The van der Waals surface area contributed by atoms with E-state index in [0.29, 0.717) is 0 Å². The molecule has 2 aromatic rings. The van der Waals surface area contributed by atoms with Crippen LogP contribution in [0.4, 0.5) is 0 Å². The van der Waals surface area contributed by atoms with Gasteiger partial charge in [-0.25, -0.2) is 13.1 Å². The van der Waals surface area contributed by atoms with E-state index in [0.717, 1.165) is 9.13 Å². The van der Waals surface area contributed by atoms with Crippen molar-refractivity contribution in [2.75, 3.05) is 6.54 Å². The molecular weight excluding hydrogens is 427 g/mol. The molecule has 5 nitrogen and oxygen atoms in total. The molecule has 0 aliphatic carbocycles. The van der Waals surface area contributed by atoms with E-state index in [-0.39, 0.29) is 23.4 Å². The zero-order valence-corrected chi connectivity index (χ0v) is 15.5. The quantitative estimate of drug-likeness (QED) is 0.673. The fraction of sp³-hybridized carbons (Fsp3) is 0.188. The van der Waals surface area contributed by atoms with Crippen LogP contribution in [0.2, 0.25) is 0 Å². The van der Waals surface area contributed by atoms with Crippen LogP contribution >= 0.6 is 22.6 Å². The van der Waals surface area contributed by atoms with Gasteiger partial charge in [-0.05, 0) is 59.3 Å². The van der Waals surface area contributed by atoms with Crippen molar-refractivity contribution >= 4 is 38.5 Å². The fourth-order valence-electron chi connectivity index (χ4n) is 1.98. The minimum atomic E-state index is -3.69. The van der Waals surface area contributed by atoms with Crippen LogP contribution in [0.3, 0.4) is 0 Å². The van der Waals surface area contributed by atoms with Gasteiger partial charge >= 0.3 is 0 Å². The molecule has 0 aliphatic heterocycles. The Morgan fingerprint density at radius 2 is 1.70 bits per heavy atom. The predicted molar refractivity (Wildman–Crippen MR) is 97.3 cm³/mol. The normalized spacial score (nSPS) is 12.6. The van der Waals surface area contributed by atoms with Crippen molar-refractivity contribution in [3.05, 3.63) is 63.7 Å². The van der Waals surface area contributed by atoms with Crippen LogP contribution in [0.1, 0.15) is 18.5 Å². The van der Waals surface area contributed by atoms with Gasteiger partial charge in [0.1, 0.15) is 0 Å². The number of carbonyl (C=O) groups is 1. The molecule has 0 saturated heterocycles. The van der Waals surface area contributed by atoms with Gasteiger partial charge in [-0.3, -0.25) is 4.79 Å². The summed E-state index contributed by atoms with van der Waals surface area (Å²) < 4.78 is 27.5. The van der Waals surface area contributed by atoms with E-state index in [1.807, 2.05) is 37.3 Å². The van der Waals surface area contributed by atoms with Gasteiger partial charge in [0.05, 0.1) is 17.5 Å². The minimum Gasteiger partial charge on any atom is -0.348 e.